The predicted molar refractivity (Wildman–Crippen MR) is 138 cm³/mol. The van der Waals surface area contributed by atoms with Gasteiger partial charge in [0, 0.05) is 38.2 Å². The van der Waals surface area contributed by atoms with E-state index in [1.165, 1.54) is 10.6 Å². The number of ketones is 1. The van der Waals surface area contributed by atoms with Crippen LogP contribution in [0, 0.1) is 5.82 Å². The molecule has 0 bridgehead atoms. The van der Waals surface area contributed by atoms with Gasteiger partial charge in [0.1, 0.15) is 11.4 Å². The smallest absolute Gasteiger partial charge is 0.408 e. The van der Waals surface area contributed by atoms with E-state index in [0.29, 0.717) is 28.6 Å². The monoisotopic (exact) mass is 530 g/mol. The molecule has 0 atom stereocenters. The van der Waals surface area contributed by atoms with Crippen LogP contribution < -0.4 is 16.4 Å². The fourth-order valence-electron chi connectivity index (χ4n) is 4.05. The Morgan fingerprint density at radius 2 is 1.67 bits per heavy atom. The molecule has 11 nitrogen and oxygen atoms in total. The van der Waals surface area contributed by atoms with Crippen molar-refractivity contribution in [3.8, 4) is 0 Å². The first-order chi connectivity index (χ1) is 18.7. The highest BCUT2D eigenvalue weighted by atomic mass is 19.1. The molecule has 0 saturated heterocycles. The summed E-state index contributed by atoms with van der Waals surface area (Å²) in [5.74, 6) is -2.50. The van der Waals surface area contributed by atoms with Crippen LogP contribution in [0.3, 0.4) is 0 Å². The van der Waals surface area contributed by atoms with Gasteiger partial charge in [-0.05, 0) is 23.3 Å². The average Bonchev–Trinajstić information content (AvgIpc) is 3.47. The summed E-state index contributed by atoms with van der Waals surface area (Å²) in [4.78, 5) is 53.5. The highest BCUT2D eigenvalue weighted by molar-refractivity contribution is 5.98. The number of nitrogens with zero attached hydrogens (tertiary/aromatic N) is 4. The average molecular weight is 531 g/mol. The van der Waals surface area contributed by atoms with Crippen LogP contribution in [0.15, 0.2) is 63.9 Å². The number of hydrogen-bond donors (Lipinski definition) is 2. The maximum atomic E-state index is 14.4. The van der Waals surface area contributed by atoms with Crippen molar-refractivity contribution < 1.29 is 23.2 Å². The van der Waals surface area contributed by atoms with E-state index >= 15 is 0 Å². The van der Waals surface area contributed by atoms with Gasteiger partial charge in [-0.3, -0.25) is 19.0 Å². The zero-order valence-electron chi connectivity index (χ0n) is 21.0. The Labute approximate surface area is 220 Å². The van der Waals surface area contributed by atoms with Crippen molar-refractivity contribution in [1.82, 2.24) is 29.8 Å². The number of carbonyl (C=O) groups is 3. The van der Waals surface area contributed by atoms with Crippen LogP contribution in [0.25, 0.3) is 16.7 Å². The lowest BCUT2D eigenvalue weighted by atomic mass is 10.1. The van der Waals surface area contributed by atoms with E-state index in [2.05, 4.69) is 20.7 Å². The third kappa shape index (κ3) is 5.04. The minimum Gasteiger partial charge on any atom is -0.408 e. The molecule has 12 heteroatoms. The van der Waals surface area contributed by atoms with Crippen LogP contribution >= 0.6 is 0 Å². The summed E-state index contributed by atoms with van der Waals surface area (Å²) in [6.45, 7) is 2.00. The highest BCUT2D eigenvalue weighted by Gasteiger charge is 2.20. The Morgan fingerprint density at radius 3 is 2.41 bits per heavy atom. The van der Waals surface area contributed by atoms with Gasteiger partial charge in [0.2, 0.25) is 0 Å². The molecular weight excluding hydrogens is 507 g/mol. The number of benzene rings is 2. The Bertz CT molecular complexity index is 1800. The largest absolute Gasteiger partial charge is 0.419 e. The Morgan fingerprint density at radius 1 is 0.974 bits per heavy atom. The van der Waals surface area contributed by atoms with Crippen molar-refractivity contribution in [2.45, 2.75) is 26.4 Å². The lowest BCUT2D eigenvalue weighted by Gasteiger charge is -2.10. The van der Waals surface area contributed by atoms with Crippen LogP contribution in [-0.4, -0.2) is 36.8 Å². The summed E-state index contributed by atoms with van der Waals surface area (Å²) in [6, 6.07) is 13.1. The number of fused-ring (bicyclic) bond motifs is 2. The summed E-state index contributed by atoms with van der Waals surface area (Å²) in [5, 5.41) is 9.30. The molecule has 2 aromatic carbocycles. The second-order valence-electron chi connectivity index (χ2n) is 8.82. The molecule has 0 fully saturated rings. The van der Waals surface area contributed by atoms with Crippen molar-refractivity contribution in [1.29, 1.82) is 0 Å². The van der Waals surface area contributed by atoms with Crippen LogP contribution in [0.2, 0.25) is 0 Å². The van der Waals surface area contributed by atoms with Crippen LogP contribution in [0.4, 0.5) is 4.39 Å². The van der Waals surface area contributed by atoms with E-state index in [9.17, 15) is 23.6 Å². The lowest BCUT2D eigenvalue weighted by Crippen LogP contribution is -2.28. The van der Waals surface area contributed by atoms with Gasteiger partial charge >= 0.3 is 5.76 Å². The number of amides is 2. The first-order valence-electron chi connectivity index (χ1n) is 12.1. The van der Waals surface area contributed by atoms with E-state index in [4.69, 9.17) is 4.42 Å². The van der Waals surface area contributed by atoms with E-state index in [0.717, 1.165) is 16.3 Å². The number of nitrogens with one attached hydrogen (secondary N) is 2. The third-order valence-electron chi connectivity index (χ3n) is 6.25. The highest BCUT2D eigenvalue weighted by Crippen LogP contribution is 2.15. The molecule has 0 aliphatic heterocycles. The number of aryl methyl sites for hydroxylation is 1. The molecule has 0 saturated carbocycles. The standard InChI is InChI=1S/C27H23FN6O5/c1-3-22(35)17-7-4-15(5-8-17)12-30-26(37)21-11-19(32-24-18(28)14-31-34(21)24)25(36)29-13-16-6-9-23-20(10-16)33(2)27(38)39-23/h4-11,14H,3,12-13H2,1-2H3,(H,29,36)(H,30,37). The minimum atomic E-state index is -0.791. The summed E-state index contributed by atoms with van der Waals surface area (Å²) in [6.07, 6.45) is 1.31. The summed E-state index contributed by atoms with van der Waals surface area (Å²) >= 11 is 0. The Balaban J connectivity index is 1.33. The molecule has 3 heterocycles. The molecule has 0 unspecified atom stereocenters. The number of carbonyl (C=O) groups excluding carboxylic acids is 3. The Kier molecular flexibility index (Phi) is 6.75. The number of Topliss-reactive ketones (excluding diaryl/α,β-unsaturated/α-hetero) is 1. The molecule has 0 aliphatic rings. The van der Waals surface area contributed by atoms with E-state index in [1.54, 1.807) is 56.4 Å². The van der Waals surface area contributed by atoms with Gasteiger partial charge in [-0.25, -0.2) is 18.7 Å². The van der Waals surface area contributed by atoms with Crippen LogP contribution in [0.5, 0.6) is 0 Å². The molecule has 2 N–H and O–H groups in total. The topological polar surface area (TPSA) is 141 Å². The van der Waals surface area contributed by atoms with Gasteiger partial charge in [-0.1, -0.05) is 37.3 Å². The second-order valence-corrected chi connectivity index (χ2v) is 8.82. The maximum absolute atomic E-state index is 14.4. The van der Waals surface area contributed by atoms with Gasteiger partial charge in [0.05, 0.1) is 11.7 Å². The predicted octanol–water partition coefficient (Wildman–Crippen LogP) is 2.77. The van der Waals surface area contributed by atoms with Crippen molar-refractivity contribution in [2.24, 2.45) is 7.05 Å². The molecule has 39 heavy (non-hydrogen) atoms. The molecular formula is C27H23FN6O5. The summed E-state index contributed by atoms with van der Waals surface area (Å²) in [5.41, 5.74) is 2.48. The molecule has 5 aromatic rings. The first-order valence-corrected chi connectivity index (χ1v) is 12.1. The van der Waals surface area contributed by atoms with E-state index < -0.39 is 23.4 Å². The molecule has 0 aliphatic carbocycles. The quantitative estimate of drug-likeness (QED) is 0.294. The number of halogens is 1. The van der Waals surface area contributed by atoms with Crippen molar-refractivity contribution in [2.75, 3.05) is 0 Å². The van der Waals surface area contributed by atoms with Gasteiger partial charge in [-0.15, -0.1) is 0 Å². The zero-order valence-corrected chi connectivity index (χ0v) is 21.0. The Hall–Kier alpha value is -5.13. The van der Waals surface area contributed by atoms with Gasteiger partial charge in [-0.2, -0.15) is 5.10 Å². The van der Waals surface area contributed by atoms with E-state index in [-0.39, 0.29) is 35.9 Å². The molecule has 2 amide bonds. The fourth-order valence-corrected chi connectivity index (χ4v) is 4.05. The molecule has 0 spiro atoms. The second kappa shape index (κ2) is 10.3. The number of oxazole rings is 1. The fraction of sp³-hybridized carbons (Fsp3) is 0.185. The van der Waals surface area contributed by atoms with Gasteiger partial charge < -0.3 is 15.1 Å². The molecule has 198 valence electrons. The van der Waals surface area contributed by atoms with Gasteiger partial charge in [0.15, 0.2) is 22.8 Å². The molecule has 0 radical (unpaired) electrons. The lowest BCUT2D eigenvalue weighted by molar-refractivity contribution is 0.0940. The van der Waals surface area contributed by atoms with Crippen LogP contribution in [-0.2, 0) is 20.1 Å². The van der Waals surface area contributed by atoms with Crippen molar-refractivity contribution >= 4 is 34.3 Å². The number of rotatable bonds is 8. The number of aromatic nitrogens is 4. The maximum Gasteiger partial charge on any atom is 0.419 e. The summed E-state index contributed by atoms with van der Waals surface area (Å²) in [7, 11) is 1.57. The normalized spacial score (nSPS) is 11.2. The molecule has 3 aromatic heterocycles. The third-order valence-corrected chi connectivity index (χ3v) is 6.25. The number of hydrogen-bond acceptors (Lipinski definition) is 7. The van der Waals surface area contributed by atoms with Crippen molar-refractivity contribution in [3.05, 3.63) is 99.2 Å². The molecule has 5 rings (SSSR count). The van der Waals surface area contributed by atoms with Crippen molar-refractivity contribution in [3.63, 3.8) is 0 Å². The SMILES string of the molecule is CCC(=O)c1ccc(CNC(=O)c2cc(C(=O)NCc3ccc4oc(=O)n(C)c4c3)nc3c(F)cnn23)cc1. The van der Waals surface area contributed by atoms with E-state index in [1.807, 2.05) is 0 Å². The summed E-state index contributed by atoms with van der Waals surface area (Å²) < 4.78 is 21.9. The zero-order chi connectivity index (χ0) is 27.7. The first kappa shape index (κ1) is 25.5. The minimum absolute atomic E-state index is 0.0175. The van der Waals surface area contributed by atoms with Crippen LogP contribution in [0.1, 0.15) is 55.8 Å². The van der Waals surface area contributed by atoms with Gasteiger partial charge in [0.25, 0.3) is 11.8 Å².